The van der Waals surface area contributed by atoms with Crippen LogP contribution < -0.4 is 10.1 Å². The third-order valence-corrected chi connectivity index (χ3v) is 4.61. The van der Waals surface area contributed by atoms with Crippen LogP contribution in [0.4, 0.5) is 5.69 Å². The molecule has 0 atom stereocenters. The first-order valence-corrected chi connectivity index (χ1v) is 8.78. The second-order valence-electron chi connectivity index (χ2n) is 6.35. The van der Waals surface area contributed by atoms with Crippen LogP contribution in [0.15, 0.2) is 36.7 Å². The van der Waals surface area contributed by atoms with Crippen molar-refractivity contribution in [3.63, 3.8) is 0 Å². The van der Waals surface area contributed by atoms with Crippen LogP contribution in [-0.4, -0.2) is 58.0 Å². The molecule has 9 heteroatoms. The van der Waals surface area contributed by atoms with E-state index in [1.807, 2.05) is 12.1 Å². The number of hydrogen-bond donors (Lipinski definition) is 2. The fourth-order valence-electron chi connectivity index (χ4n) is 3.04. The van der Waals surface area contributed by atoms with Crippen LogP contribution in [0.25, 0.3) is 0 Å². The number of nitrogens with zero attached hydrogens (tertiary/aromatic N) is 3. The number of benzene rings is 1. The lowest BCUT2D eigenvalue weighted by atomic mass is 9.95. The minimum atomic E-state index is -1.20. The minimum absolute atomic E-state index is 0.0851. The van der Waals surface area contributed by atoms with E-state index in [9.17, 15) is 14.4 Å². The molecule has 3 rings (SSSR count). The van der Waals surface area contributed by atoms with E-state index in [4.69, 9.17) is 9.84 Å². The van der Waals surface area contributed by atoms with Gasteiger partial charge in [-0.25, -0.2) is 14.8 Å². The number of carbonyl (C=O) groups excluding carboxylic acids is 2. The number of methoxy groups -OCH3 is 1. The summed E-state index contributed by atoms with van der Waals surface area (Å²) in [5.41, 5.74) is 0.479. The number of rotatable bonds is 5. The molecule has 1 saturated heterocycles. The van der Waals surface area contributed by atoms with Gasteiger partial charge in [0.15, 0.2) is 5.69 Å². The third-order valence-electron chi connectivity index (χ3n) is 4.61. The molecule has 2 N–H and O–H groups in total. The molecule has 146 valence electrons. The molecule has 0 aliphatic carbocycles. The molecule has 28 heavy (non-hydrogen) atoms. The standard InChI is InChI=1S/C19H20N4O5/c1-28-16-5-3-2-4-13(16)22-17(24)12-6-8-23(9-7-12)18(25)14-10-21-15(11-20-14)19(26)27/h2-5,10-12H,6-9H2,1H3,(H,22,24)(H,26,27). The molecular formula is C19H20N4O5. The van der Waals surface area contributed by atoms with Gasteiger partial charge in [-0.1, -0.05) is 12.1 Å². The summed E-state index contributed by atoms with van der Waals surface area (Å²) in [6.45, 7) is 0.816. The topological polar surface area (TPSA) is 122 Å². The maximum absolute atomic E-state index is 12.5. The highest BCUT2D eigenvalue weighted by Gasteiger charge is 2.29. The van der Waals surface area contributed by atoms with Crippen molar-refractivity contribution in [3.05, 3.63) is 48.0 Å². The van der Waals surface area contributed by atoms with Crippen molar-refractivity contribution in [2.45, 2.75) is 12.8 Å². The Balaban J connectivity index is 1.57. The molecule has 1 fully saturated rings. The van der Waals surface area contributed by atoms with Gasteiger partial charge in [0.1, 0.15) is 11.4 Å². The number of anilines is 1. The van der Waals surface area contributed by atoms with Gasteiger partial charge in [-0.2, -0.15) is 0 Å². The lowest BCUT2D eigenvalue weighted by Gasteiger charge is -2.31. The second-order valence-corrected chi connectivity index (χ2v) is 6.35. The van der Waals surface area contributed by atoms with Crippen molar-refractivity contribution < 1.29 is 24.2 Å². The number of para-hydroxylation sites is 2. The Morgan fingerprint density at radius 2 is 1.75 bits per heavy atom. The highest BCUT2D eigenvalue weighted by atomic mass is 16.5. The highest BCUT2D eigenvalue weighted by molar-refractivity contribution is 5.95. The van der Waals surface area contributed by atoms with Crippen molar-refractivity contribution in [3.8, 4) is 5.75 Å². The van der Waals surface area contributed by atoms with Crippen LogP contribution in [0.1, 0.15) is 33.8 Å². The summed E-state index contributed by atoms with van der Waals surface area (Å²) in [7, 11) is 1.54. The first kappa shape index (κ1) is 19.3. The molecular weight excluding hydrogens is 364 g/mol. The first-order valence-electron chi connectivity index (χ1n) is 8.78. The van der Waals surface area contributed by atoms with Crippen molar-refractivity contribution in [1.82, 2.24) is 14.9 Å². The molecule has 1 aliphatic heterocycles. The Morgan fingerprint density at radius 3 is 2.36 bits per heavy atom. The first-order chi connectivity index (χ1) is 13.5. The molecule has 0 bridgehead atoms. The fraction of sp³-hybridized carbons (Fsp3) is 0.316. The van der Waals surface area contributed by atoms with Gasteiger partial charge in [-0.05, 0) is 25.0 Å². The number of carboxylic acids is 1. The van der Waals surface area contributed by atoms with E-state index in [-0.39, 0.29) is 29.1 Å². The molecule has 2 heterocycles. The van der Waals surface area contributed by atoms with Gasteiger partial charge in [0.05, 0.1) is 25.2 Å². The minimum Gasteiger partial charge on any atom is -0.495 e. The molecule has 0 unspecified atom stereocenters. The van der Waals surface area contributed by atoms with Gasteiger partial charge in [-0.3, -0.25) is 9.59 Å². The van der Waals surface area contributed by atoms with Crippen LogP contribution in [-0.2, 0) is 4.79 Å². The van der Waals surface area contributed by atoms with Crippen LogP contribution in [0, 0.1) is 5.92 Å². The lowest BCUT2D eigenvalue weighted by molar-refractivity contribution is -0.121. The Morgan fingerprint density at radius 1 is 1.11 bits per heavy atom. The maximum Gasteiger partial charge on any atom is 0.356 e. The molecule has 1 aromatic carbocycles. The predicted molar refractivity (Wildman–Crippen MR) is 99.2 cm³/mol. The summed E-state index contributed by atoms with van der Waals surface area (Å²) >= 11 is 0. The molecule has 9 nitrogen and oxygen atoms in total. The number of aromatic carboxylic acids is 1. The predicted octanol–water partition coefficient (Wildman–Crippen LogP) is 1.67. The SMILES string of the molecule is COc1ccccc1NC(=O)C1CCN(C(=O)c2cnc(C(=O)O)cn2)CC1. The number of piperidine rings is 1. The smallest absolute Gasteiger partial charge is 0.356 e. The van der Waals surface area contributed by atoms with Crippen LogP contribution in [0.3, 0.4) is 0 Å². The summed E-state index contributed by atoms with van der Waals surface area (Å²) in [5, 5.41) is 11.7. The number of aromatic nitrogens is 2. The number of ether oxygens (including phenoxy) is 1. The average Bonchev–Trinajstić information content (AvgIpc) is 2.73. The summed E-state index contributed by atoms with van der Waals surface area (Å²) in [6, 6.07) is 7.18. The van der Waals surface area contributed by atoms with Crippen LogP contribution >= 0.6 is 0 Å². The number of carbonyl (C=O) groups is 3. The van der Waals surface area contributed by atoms with E-state index in [2.05, 4.69) is 15.3 Å². The van der Waals surface area contributed by atoms with Crippen molar-refractivity contribution in [1.29, 1.82) is 0 Å². The summed E-state index contributed by atoms with van der Waals surface area (Å²) in [6.07, 6.45) is 3.26. The Labute approximate surface area is 161 Å². The van der Waals surface area contributed by atoms with E-state index in [0.717, 1.165) is 12.4 Å². The lowest BCUT2D eigenvalue weighted by Crippen LogP contribution is -2.41. The Bertz CT molecular complexity index is 876. The number of amides is 2. The molecule has 2 aromatic rings. The number of likely N-dealkylation sites (tertiary alicyclic amines) is 1. The second kappa shape index (κ2) is 8.47. The van der Waals surface area contributed by atoms with Gasteiger partial charge < -0.3 is 20.1 Å². The summed E-state index contributed by atoms with van der Waals surface area (Å²) in [4.78, 5) is 45.0. The van der Waals surface area contributed by atoms with Gasteiger partial charge in [0.2, 0.25) is 5.91 Å². The van der Waals surface area contributed by atoms with Crippen molar-refractivity contribution in [2.24, 2.45) is 5.92 Å². The van der Waals surface area contributed by atoms with Crippen LogP contribution in [0.5, 0.6) is 5.75 Å². The zero-order valence-electron chi connectivity index (χ0n) is 15.3. The Kier molecular flexibility index (Phi) is 5.83. The van der Waals surface area contributed by atoms with Gasteiger partial charge in [0.25, 0.3) is 5.91 Å². The number of nitrogens with one attached hydrogen (secondary N) is 1. The van der Waals surface area contributed by atoms with E-state index in [0.29, 0.717) is 37.4 Å². The largest absolute Gasteiger partial charge is 0.495 e. The molecule has 1 aromatic heterocycles. The molecule has 0 radical (unpaired) electrons. The zero-order chi connectivity index (χ0) is 20.1. The van der Waals surface area contributed by atoms with Crippen molar-refractivity contribution in [2.75, 3.05) is 25.5 Å². The maximum atomic E-state index is 12.5. The molecule has 0 spiro atoms. The summed E-state index contributed by atoms with van der Waals surface area (Å²) in [5.74, 6) is -1.26. The van der Waals surface area contributed by atoms with E-state index in [1.165, 1.54) is 0 Å². The molecule has 0 saturated carbocycles. The average molecular weight is 384 g/mol. The highest BCUT2D eigenvalue weighted by Crippen LogP contribution is 2.26. The van der Waals surface area contributed by atoms with Crippen LogP contribution in [0.2, 0.25) is 0 Å². The zero-order valence-corrected chi connectivity index (χ0v) is 15.3. The monoisotopic (exact) mass is 384 g/mol. The van der Waals surface area contributed by atoms with E-state index >= 15 is 0 Å². The van der Waals surface area contributed by atoms with Gasteiger partial charge >= 0.3 is 5.97 Å². The van der Waals surface area contributed by atoms with Crippen molar-refractivity contribution >= 4 is 23.5 Å². The Hall–Kier alpha value is -3.49. The van der Waals surface area contributed by atoms with E-state index in [1.54, 1.807) is 24.1 Å². The molecule has 1 aliphatic rings. The fourth-order valence-corrected chi connectivity index (χ4v) is 3.04. The summed E-state index contributed by atoms with van der Waals surface area (Å²) < 4.78 is 5.24. The third kappa shape index (κ3) is 4.25. The number of hydrogen-bond acceptors (Lipinski definition) is 6. The quantitative estimate of drug-likeness (QED) is 0.804. The molecule has 2 amide bonds. The van der Waals surface area contributed by atoms with Gasteiger partial charge in [-0.15, -0.1) is 0 Å². The number of carboxylic acid groups (broad SMARTS) is 1. The van der Waals surface area contributed by atoms with Gasteiger partial charge in [0, 0.05) is 19.0 Å². The van der Waals surface area contributed by atoms with E-state index < -0.39 is 5.97 Å². The normalized spacial score (nSPS) is 14.4.